The van der Waals surface area contributed by atoms with E-state index in [0.29, 0.717) is 23.0 Å². The maximum Gasteiger partial charge on any atom is 0.410 e. The molecule has 3 atom stereocenters. The molecule has 39 heavy (non-hydrogen) atoms. The van der Waals surface area contributed by atoms with Crippen LogP contribution in [0.4, 0.5) is 4.79 Å². The average Bonchev–Trinajstić information content (AvgIpc) is 3.50. The molecule has 13 heteroatoms. The molecule has 0 spiro atoms. The smallest absolute Gasteiger partial charge is 0.410 e. The number of ether oxygens (including phenoxy) is 1. The van der Waals surface area contributed by atoms with Crippen molar-refractivity contribution in [3.8, 4) is 0 Å². The van der Waals surface area contributed by atoms with Gasteiger partial charge in [0.2, 0.25) is 11.8 Å². The first-order chi connectivity index (χ1) is 18.7. The molecule has 206 valence electrons. The molecule has 3 amide bonds. The number of carbonyl (C=O) groups excluding carboxylic acids is 3. The number of aromatic nitrogens is 1. The Balaban J connectivity index is 1.25. The third-order valence-corrected chi connectivity index (χ3v) is 7.90. The number of carboxylic acids is 1. The van der Waals surface area contributed by atoms with Gasteiger partial charge in [0.25, 0.3) is 0 Å². The summed E-state index contributed by atoms with van der Waals surface area (Å²) in [7, 11) is 0. The lowest BCUT2D eigenvalue weighted by Gasteiger charge is -2.36. The molecule has 12 nitrogen and oxygen atoms in total. The van der Waals surface area contributed by atoms with Crippen molar-refractivity contribution in [2.45, 2.75) is 56.9 Å². The lowest BCUT2D eigenvalue weighted by molar-refractivity contribution is -0.162. The number of oxime groups is 1. The Labute approximate surface area is 232 Å². The lowest BCUT2D eigenvalue weighted by Crippen LogP contribution is -2.54. The number of rotatable bonds is 8. The van der Waals surface area contributed by atoms with Crippen LogP contribution in [0.3, 0.4) is 0 Å². The van der Waals surface area contributed by atoms with E-state index in [2.05, 4.69) is 36.7 Å². The highest BCUT2D eigenvalue weighted by Crippen LogP contribution is 2.41. The highest BCUT2D eigenvalue weighted by atomic mass is 79.9. The standard InChI is InChI=1S/C26H28BrN5O7/c27-21-10-18(39-31-21)12-29-22(33)20-9-17(30-23(34)26(24(35)36)6-3-7-26)13-32(20)25(37)38-14-15-8-16-4-1-2-5-19(16)28-11-15/h1-2,4-5,8,11,17-18,20H,3,6-7,9-10,12-14H2,(H,29,33)(H,30,34)(H,35,36). The van der Waals surface area contributed by atoms with Crippen molar-refractivity contribution < 1.29 is 33.9 Å². The molecule has 0 radical (unpaired) electrons. The highest BCUT2D eigenvalue weighted by Gasteiger charge is 2.52. The number of nitrogens with zero attached hydrogens (tertiary/aromatic N) is 3. The van der Waals surface area contributed by atoms with Crippen molar-refractivity contribution in [1.29, 1.82) is 0 Å². The predicted molar refractivity (Wildman–Crippen MR) is 142 cm³/mol. The van der Waals surface area contributed by atoms with Crippen LogP contribution in [0.2, 0.25) is 0 Å². The topological polar surface area (TPSA) is 160 Å². The van der Waals surface area contributed by atoms with Gasteiger partial charge in [-0.05, 0) is 47.3 Å². The monoisotopic (exact) mass is 601 g/mol. The van der Waals surface area contributed by atoms with E-state index < -0.39 is 41.4 Å². The van der Waals surface area contributed by atoms with Crippen molar-refractivity contribution in [2.75, 3.05) is 13.1 Å². The molecule has 1 saturated heterocycles. The Morgan fingerprint density at radius 3 is 2.72 bits per heavy atom. The second-order valence-electron chi connectivity index (χ2n) is 10.1. The van der Waals surface area contributed by atoms with Crippen LogP contribution in [-0.2, 0) is 30.6 Å². The van der Waals surface area contributed by atoms with Gasteiger partial charge in [0.15, 0.2) is 6.10 Å². The molecule has 3 unspecified atom stereocenters. The van der Waals surface area contributed by atoms with Crippen molar-refractivity contribution in [1.82, 2.24) is 20.5 Å². The Morgan fingerprint density at radius 2 is 2.03 bits per heavy atom. The number of halogens is 1. The Morgan fingerprint density at radius 1 is 1.23 bits per heavy atom. The third-order valence-electron chi connectivity index (χ3n) is 7.43. The highest BCUT2D eigenvalue weighted by molar-refractivity contribution is 9.18. The van der Waals surface area contributed by atoms with Gasteiger partial charge in [-0.3, -0.25) is 24.3 Å². The SMILES string of the molecule is O=C(NCC1CC(Br)=NO1)C1CC(NC(=O)C2(C(=O)O)CCC2)CN1C(=O)OCc1cnc2ccccc2c1. The van der Waals surface area contributed by atoms with Gasteiger partial charge in [-0.2, -0.15) is 0 Å². The van der Waals surface area contributed by atoms with Crippen LogP contribution in [0, 0.1) is 5.41 Å². The fourth-order valence-electron chi connectivity index (χ4n) is 5.04. The average molecular weight is 602 g/mol. The minimum Gasteiger partial charge on any atom is -0.480 e. The summed E-state index contributed by atoms with van der Waals surface area (Å²) in [6, 6.07) is 7.90. The molecule has 3 aliphatic rings. The number of benzene rings is 1. The number of pyridine rings is 1. The van der Waals surface area contributed by atoms with E-state index >= 15 is 0 Å². The summed E-state index contributed by atoms with van der Waals surface area (Å²) >= 11 is 3.25. The molecule has 1 saturated carbocycles. The van der Waals surface area contributed by atoms with Crippen molar-refractivity contribution in [3.63, 3.8) is 0 Å². The number of nitrogens with one attached hydrogen (secondary N) is 2. The molecule has 1 aromatic heterocycles. The number of carbonyl (C=O) groups is 4. The number of hydrogen-bond donors (Lipinski definition) is 3. The number of amides is 3. The minimum atomic E-state index is -1.46. The van der Waals surface area contributed by atoms with Crippen LogP contribution >= 0.6 is 15.9 Å². The molecule has 2 aliphatic heterocycles. The van der Waals surface area contributed by atoms with Crippen LogP contribution in [0.15, 0.2) is 41.7 Å². The van der Waals surface area contributed by atoms with Gasteiger partial charge < -0.3 is 25.3 Å². The number of aliphatic carboxylic acids is 1. The molecule has 0 bridgehead atoms. The summed E-state index contributed by atoms with van der Waals surface area (Å²) in [5.41, 5.74) is 0.0447. The molecule has 3 N–H and O–H groups in total. The Bertz CT molecular complexity index is 1330. The second kappa shape index (κ2) is 11.2. The van der Waals surface area contributed by atoms with Gasteiger partial charge in [-0.1, -0.05) is 29.8 Å². The van der Waals surface area contributed by atoms with Crippen LogP contribution in [0.5, 0.6) is 0 Å². The van der Waals surface area contributed by atoms with Crippen molar-refractivity contribution >= 4 is 55.3 Å². The number of para-hydroxylation sites is 1. The maximum atomic E-state index is 13.2. The summed E-state index contributed by atoms with van der Waals surface area (Å²) in [4.78, 5) is 61.8. The number of likely N-dealkylation sites (tertiary alicyclic amines) is 1. The summed E-state index contributed by atoms with van der Waals surface area (Å²) in [6.07, 6.45) is 2.36. The van der Waals surface area contributed by atoms with Crippen LogP contribution in [-0.4, -0.2) is 74.8 Å². The van der Waals surface area contributed by atoms with E-state index in [1.807, 2.05) is 30.3 Å². The molecule has 5 rings (SSSR count). The number of fused-ring (bicyclic) bond motifs is 1. The fourth-order valence-corrected chi connectivity index (χ4v) is 5.49. The van der Waals surface area contributed by atoms with E-state index in [1.165, 1.54) is 4.90 Å². The van der Waals surface area contributed by atoms with Crippen molar-refractivity contribution in [2.24, 2.45) is 10.6 Å². The largest absolute Gasteiger partial charge is 0.480 e. The summed E-state index contributed by atoms with van der Waals surface area (Å²) < 4.78 is 6.18. The fraction of sp³-hybridized carbons (Fsp3) is 0.462. The maximum absolute atomic E-state index is 13.2. The lowest BCUT2D eigenvalue weighted by atomic mass is 9.68. The third kappa shape index (κ3) is 5.68. The first kappa shape index (κ1) is 26.9. The molecule has 3 heterocycles. The first-order valence-corrected chi connectivity index (χ1v) is 13.5. The predicted octanol–water partition coefficient (Wildman–Crippen LogP) is 2.30. The van der Waals surface area contributed by atoms with Gasteiger partial charge in [-0.25, -0.2) is 4.79 Å². The van der Waals surface area contributed by atoms with Crippen LogP contribution in [0.25, 0.3) is 10.9 Å². The summed E-state index contributed by atoms with van der Waals surface area (Å²) in [6.45, 7) is 0.129. The quantitative estimate of drug-likeness (QED) is 0.388. The normalized spacial score (nSPS) is 23.4. The van der Waals surface area contributed by atoms with Gasteiger partial charge >= 0.3 is 12.1 Å². The van der Waals surface area contributed by atoms with E-state index in [0.717, 1.165) is 10.9 Å². The zero-order valence-corrected chi connectivity index (χ0v) is 22.6. The number of hydrogen-bond acceptors (Lipinski definition) is 8. The van der Waals surface area contributed by atoms with E-state index in [-0.39, 0.29) is 45.1 Å². The molecule has 1 aliphatic carbocycles. The van der Waals surface area contributed by atoms with Gasteiger partial charge in [0.05, 0.1) is 12.1 Å². The summed E-state index contributed by atoms with van der Waals surface area (Å²) in [5, 5.41) is 19.9. The van der Waals surface area contributed by atoms with Crippen molar-refractivity contribution in [3.05, 3.63) is 42.1 Å². The molecule has 2 fully saturated rings. The first-order valence-electron chi connectivity index (χ1n) is 12.7. The zero-order valence-electron chi connectivity index (χ0n) is 21.0. The Hall–Kier alpha value is -3.74. The molecular formula is C26H28BrN5O7. The van der Waals surface area contributed by atoms with E-state index in [4.69, 9.17) is 9.57 Å². The van der Waals surface area contributed by atoms with Gasteiger partial charge in [-0.15, -0.1) is 0 Å². The second-order valence-corrected chi connectivity index (χ2v) is 11.0. The summed E-state index contributed by atoms with van der Waals surface area (Å²) in [5.74, 6) is -2.19. The van der Waals surface area contributed by atoms with E-state index in [1.54, 1.807) is 6.20 Å². The zero-order chi connectivity index (χ0) is 27.6. The Kier molecular flexibility index (Phi) is 7.69. The molecule has 1 aromatic carbocycles. The van der Waals surface area contributed by atoms with Gasteiger partial charge in [0, 0.05) is 36.2 Å². The van der Waals surface area contributed by atoms with Crippen LogP contribution < -0.4 is 10.6 Å². The van der Waals surface area contributed by atoms with Gasteiger partial charge in [0.1, 0.15) is 22.7 Å². The molecular weight excluding hydrogens is 574 g/mol. The van der Waals surface area contributed by atoms with Crippen LogP contribution in [0.1, 0.15) is 37.7 Å². The van der Waals surface area contributed by atoms with E-state index in [9.17, 15) is 24.3 Å². The minimum absolute atomic E-state index is 0.00289. The molecule has 2 aromatic rings. The number of carboxylic acid groups (broad SMARTS) is 1.